The monoisotopic (exact) mass is 748 g/mol. The van der Waals surface area contributed by atoms with Gasteiger partial charge in [-0.3, -0.25) is 0 Å². The van der Waals surface area contributed by atoms with Crippen molar-refractivity contribution in [2.45, 2.75) is 0 Å². The van der Waals surface area contributed by atoms with Crippen LogP contribution in [0.2, 0.25) is 0 Å². The highest BCUT2D eigenvalue weighted by Crippen LogP contribution is 2.47. The van der Waals surface area contributed by atoms with Crippen molar-refractivity contribution in [2.75, 3.05) is 13.3 Å². The fourth-order valence-corrected chi connectivity index (χ4v) is 9.98. The third-order valence-corrected chi connectivity index (χ3v) is 13.2. The lowest BCUT2D eigenvalue weighted by atomic mass is 9.85. The van der Waals surface area contributed by atoms with Crippen LogP contribution >= 0.6 is 7.14 Å². The summed E-state index contributed by atoms with van der Waals surface area (Å²) in [6.07, 6.45) is 0. The largest absolute Gasteiger partial charge is 0.319 e. The molecule has 0 aliphatic rings. The van der Waals surface area contributed by atoms with Crippen LogP contribution in [0.25, 0.3) is 104 Å². The van der Waals surface area contributed by atoms with Gasteiger partial charge in [-0.15, -0.1) is 0 Å². The summed E-state index contributed by atoms with van der Waals surface area (Å²) >= 11 is 0. The molecule has 0 unspecified atom stereocenters. The molecule has 0 amide bonds. The molecule has 0 bridgehead atoms. The van der Waals surface area contributed by atoms with Gasteiger partial charge in [0.25, 0.3) is 0 Å². The molecule has 3 nitrogen and oxygen atoms in total. The predicted molar refractivity (Wildman–Crippen MR) is 244 cm³/mol. The van der Waals surface area contributed by atoms with Gasteiger partial charge in [-0.05, 0) is 92.8 Å². The van der Waals surface area contributed by atoms with Crippen molar-refractivity contribution in [3.8, 4) is 39.2 Å². The van der Waals surface area contributed by atoms with E-state index in [4.69, 9.17) is 4.98 Å². The number of rotatable bonds is 5. The van der Waals surface area contributed by atoms with Gasteiger partial charge in [-0.25, -0.2) is 4.98 Å². The van der Waals surface area contributed by atoms with Crippen LogP contribution < -0.4 is 5.30 Å². The molecule has 0 aliphatic carbocycles. The second-order valence-corrected chi connectivity index (χ2v) is 18.6. The third-order valence-electron chi connectivity index (χ3n) is 11.7. The Bertz CT molecular complexity index is 3380. The summed E-state index contributed by atoms with van der Waals surface area (Å²) < 4.78 is 15.3. The van der Waals surface area contributed by atoms with Crippen LogP contribution in [-0.2, 0) is 4.57 Å². The van der Waals surface area contributed by atoms with Gasteiger partial charge in [0.05, 0.1) is 22.2 Å². The molecule has 0 radical (unpaired) electrons. The standard InChI is InChI=1S/C53H37N2OP/c1-57(2,56)38-28-25-34(26-29-38)49-40-19-9-11-21-42(40)50(43-22-12-10-20-41(43)49)36-27-30-39-44-31-32-48-51(52(44)53(54-46(39)33-36)35-15-5-3-6-16-35)45-23-13-14-24-47(45)55(48)37-17-7-4-8-18-37/h3-33H,1-2H3. The second-order valence-electron chi connectivity index (χ2n) is 15.4. The Morgan fingerprint density at radius 2 is 0.947 bits per heavy atom. The Hall–Kier alpha value is -6.80. The van der Waals surface area contributed by atoms with E-state index in [-0.39, 0.29) is 0 Å². The van der Waals surface area contributed by atoms with E-state index >= 15 is 0 Å². The van der Waals surface area contributed by atoms with Crippen LogP contribution in [0.5, 0.6) is 0 Å². The molecule has 0 atom stereocenters. The normalized spacial score (nSPS) is 12.1. The van der Waals surface area contributed by atoms with E-state index in [1.807, 2.05) is 25.5 Å². The van der Waals surface area contributed by atoms with Crippen molar-refractivity contribution in [1.29, 1.82) is 0 Å². The summed E-state index contributed by atoms with van der Waals surface area (Å²) in [6, 6.07) is 67.3. The minimum Gasteiger partial charge on any atom is -0.319 e. The molecule has 0 aliphatic heterocycles. The fraction of sp³-hybridized carbons (Fsp3) is 0.0377. The smallest absolute Gasteiger partial charge is 0.109 e. The van der Waals surface area contributed by atoms with E-state index < -0.39 is 7.14 Å². The van der Waals surface area contributed by atoms with Gasteiger partial charge >= 0.3 is 0 Å². The van der Waals surface area contributed by atoms with Gasteiger partial charge in [-0.2, -0.15) is 0 Å². The van der Waals surface area contributed by atoms with E-state index in [0.29, 0.717) is 0 Å². The Morgan fingerprint density at radius 1 is 0.421 bits per heavy atom. The molecule has 0 saturated carbocycles. The quantitative estimate of drug-likeness (QED) is 0.0998. The lowest BCUT2D eigenvalue weighted by Crippen LogP contribution is -2.01. The zero-order chi connectivity index (χ0) is 38.3. The average Bonchev–Trinajstić information content (AvgIpc) is 3.60. The highest BCUT2D eigenvalue weighted by atomic mass is 31.2. The highest BCUT2D eigenvalue weighted by Gasteiger charge is 2.22. The summed E-state index contributed by atoms with van der Waals surface area (Å²) in [4.78, 5) is 5.62. The minimum atomic E-state index is -2.38. The third kappa shape index (κ3) is 5.27. The van der Waals surface area contributed by atoms with Gasteiger partial charge in [0.1, 0.15) is 7.14 Å². The predicted octanol–water partition coefficient (Wildman–Crippen LogP) is 14.0. The Balaban J connectivity index is 1.20. The molecule has 2 aromatic heterocycles. The van der Waals surface area contributed by atoms with Crippen LogP contribution in [0, 0.1) is 0 Å². The summed E-state index contributed by atoms with van der Waals surface area (Å²) in [5, 5.41) is 11.5. The Labute approximate surface area is 330 Å². The first-order valence-electron chi connectivity index (χ1n) is 19.4. The first kappa shape index (κ1) is 33.5. The molecule has 11 aromatic rings. The number of hydrogen-bond donors (Lipinski definition) is 0. The first-order valence-corrected chi connectivity index (χ1v) is 22.0. The van der Waals surface area contributed by atoms with Crippen molar-refractivity contribution in [2.24, 2.45) is 0 Å². The molecule has 4 heteroatoms. The number of nitrogens with zero attached hydrogens (tertiary/aromatic N) is 2. The van der Waals surface area contributed by atoms with Crippen molar-refractivity contribution >= 4 is 77.5 Å². The minimum absolute atomic E-state index is 0.894. The molecular weight excluding hydrogens is 712 g/mol. The van der Waals surface area contributed by atoms with E-state index in [1.54, 1.807) is 0 Å². The van der Waals surface area contributed by atoms with E-state index in [9.17, 15) is 4.57 Å². The highest BCUT2D eigenvalue weighted by molar-refractivity contribution is 7.70. The zero-order valence-corrected chi connectivity index (χ0v) is 32.5. The van der Waals surface area contributed by atoms with Crippen LogP contribution in [0.1, 0.15) is 0 Å². The van der Waals surface area contributed by atoms with Crippen molar-refractivity contribution in [3.63, 3.8) is 0 Å². The van der Waals surface area contributed by atoms with E-state index in [2.05, 4.69) is 180 Å². The summed E-state index contributed by atoms with van der Waals surface area (Å²) in [5.41, 5.74) is 11.1. The van der Waals surface area contributed by atoms with Crippen LogP contribution in [0.4, 0.5) is 0 Å². The maximum absolute atomic E-state index is 12.9. The van der Waals surface area contributed by atoms with Gasteiger partial charge < -0.3 is 9.13 Å². The van der Waals surface area contributed by atoms with Gasteiger partial charge in [-0.1, -0.05) is 158 Å². The lowest BCUT2D eigenvalue weighted by Gasteiger charge is -2.19. The number of fused-ring (bicyclic) bond motifs is 9. The molecule has 0 fully saturated rings. The maximum atomic E-state index is 12.9. The molecule has 2 heterocycles. The van der Waals surface area contributed by atoms with Crippen LogP contribution in [0.3, 0.4) is 0 Å². The summed E-state index contributed by atoms with van der Waals surface area (Å²) in [6.45, 7) is 3.66. The molecule has 0 saturated heterocycles. The van der Waals surface area contributed by atoms with E-state index in [0.717, 1.165) is 49.8 Å². The Morgan fingerprint density at radius 3 is 1.58 bits per heavy atom. The fourth-order valence-electron chi connectivity index (χ4n) is 9.11. The van der Waals surface area contributed by atoms with Crippen LogP contribution in [0.15, 0.2) is 188 Å². The number of para-hydroxylation sites is 2. The molecule has 0 N–H and O–H groups in total. The lowest BCUT2D eigenvalue weighted by molar-refractivity contribution is 0.588. The molecule has 11 rings (SSSR count). The topological polar surface area (TPSA) is 34.9 Å². The number of aromatic nitrogens is 2. The van der Waals surface area contributed by atoms with Gasteiger partial charge in [0, 0.05) is 38.1 Å². The second kappa shape index (κ2) is 12.9. The number of hydrogen-bond acceptors (Lipinski definition) is 2. The zero-order valence-electron chi connectivity index (χ0n) is 31.6. The maximum Gasteiger partial charge on any atom is 0.109 e. The average molecular weight is 749 g/mol. The SMILES string of the molecule is CP(C)(=O)c1ccc(-c2c3ccccc3c(-c3ccc4c(c3)nc(-c3ccccc3)c3c4ccc4c3c3ccccc3n4-c3ccccc3)c3ccccc23)cc1. The molecule has 270 valence electrons. The first-order chi connectivity index (χ1) is 27.9. The number of pyridine rings is 1. The van der Waals surface area contributed by atoms with Crippen molar-refractivity contribution in [1.82, 2.24) is 9.55 Å². The van der Waals surface area contributed by atoms with Crippen molar-refractivity contribution < 1.29 is 4.57 Å². The Kier molecular flexibility index (Phi) is 7.58. The molecule has 9 aromatic carbocycles. The number of benzene rings is 9. The summed E-state index contributed by atoms with van der Waals surface area (Å²) in [7, 11) is -2.38. The summed E-state index contributed by atoms with van der Waals surface area (Å²) in [5.74, 6) is 0. The molecule has 0 spiro atoms. The molecular formula is C53H37N2OP. The van der Waals surface area contributed by atoms with Gasteiger partial charge in [0.15, 0.2) is 0 Å². The van der Waals surface area contributed by atoms with E-state index in [1.165, 1.54) is 59.7 Å². The van der Waals surface area contributed by atoms with Crippen molar-refractivity contribution in [3.05, 3.63) is 188 Å². The molecule has 57 heavy (non-hydrogen) atoms. The van der Waals surface area contributed by atoms with Gasteiger partial charge in [0.2, 0.25) is 0 Å². The van der Waals surface area contributed by atoms with Crippen LogP contribution in [-0.4, -0.2) is 22.9 Å².